The third-order valence-electron chi connectivity index (χ3n) is 2.89. The molecule has 114 valence electrons. The summed E-state index contributed by atoms with van der Waals surface area (Å²) in [5.74, 6) is 0.661. The first-order valence-corrected chi connectivity index (χ1v) is 7.00. The second-order valence-corrected chi connectivity index (χ2v) is 4.60. The summed E-state index contributed by atoms with van der Waals surface area (Å²) in [5.41, 5.74) is -0.657. The standard InChI is InChI=1S/C14H22F3N3/c1-4-7-18-12-9-11(14(15,16)17)10-13(19-12)20(6-3)8-5-2/h9-10H,4-8H2,1-3H3,(H,18,19). The van der Waals surface area contributed by atoms with Crippen LogP contribution in [0.1, 0.15) is 39.2 Å². The maximum absolute atomic E-state index is 12.9. The van der Waals surface area contributed by atoms with Crippen molar-refractivity contribution in [2.75, 3.05) is 29.9 Å². The summed E-state index contributed by atoms with van der Waals surface area (Å²) >= 11 is 0. The van der Waals surface area contributed by atoms with Crippen molar-refractivity contribution >= 4 is 11.6 Å². The van der Waals surface area contributed by atoms with Crippen molar-refractivity contribution < 1.29 is 13.2 Å². The largest absolute Gasteiger partial charge is 0.416 e. The highest BCUT2D eigenvalue weighted by atomic mass is 19.4. The van der Waals surface area contributed by atoms with Crippen molar-refractivity contribution in [2.24, 2.45) is 0 Å². The molecule has 0 aliphatic carbocycles. The van der Waals surface area contributed by atoms with Gasteiger partial charge in [0.15, 0.2) is 0 Å². The van der Waals surface area contributed by atoms with E-state index in [-0.39, 0.29) is 5.82 Å². The number of aromatic nitrogens is 1. The molecule has 3 nitrogen and oxygen atoms in total. The first-order chi connectivity index (χ1) is 9.42. The molecular formula is C14H22F3N3. The van der Waals surface area contributed by atoms with Gasteiger partial charge in [-0.15, -0.1) is 0 Å². The summed E-state index contributed by atoms with van der Waals surface area (Å²) in [7, 11) is 0. The molecule has 0 atom stereocenters. The molecule has 6 heteroatoms. The molecular weight excluding hydrogens is 267 g/mol. The van der Waals surface area contributed by atoms with E-state index in [2.05, 4.69) is 10.3 Å². The molecule has 0 saturated carbocycles. The molecule has 0 unspecified atom stereocenters. The normalized spacial score (nSPS) is 11.5. The Morgan fingerprint density at radius 1 is 1.15 bits per heavy atom. The Morgan fingerprint density at radius 2 is 1.85 bits per heavy atom. The van der Waals surface area contributed by atoms with Crippen LogP contribution in [0.4, 0.5) is 24.8 Å². The number of anilines is 2. The molecule has 0 aliphatic rings. The van der Waals surface area contributed by atoms with Crippen molar-refractivity contribution in [3.05, 3.63) is 17.7 Å². The zero-order chi connectivity index (χ0) is 15.2. The fourth-order valence-electron chi connectivity index (χ4n) is 1.89. The summed E-state index contributed by atoms with van der Waals surface area (Å²) < 4.78 is 38.8. The summed E-state index contributed by atoms with van der Waals surface area (Å²) in [6, 6.07) is 2.19. The van der Waals surface area contributed by atoms with E-state index in [1.165, 1.54) is 0 Å². The second-order valence-electron chi connectivity index (χ2n) is 4.60. The van der Waals surface area contributed by atoms with E-state index in [1.54, 1.807) is 0 Å². The molecule has 0 spiro atoms. The third kappa shape index (κ3) is 4.58. The van der Waals surface area contributed by atoms with E-state index in [4.69, 9.17) is 0 Å². The summed E-state index contributed by atoms with van der Waals surface area (Å²) in [5, 5.41) is 2.93. The highest BCUT2D eigenvalue weighted by molar-refractivity contribution is 5.51. The van der Waals surface area contributed by atoms with Crippen LogP contribution in [-0.2, 0) is 6.18 Å². The fourth-order valence-corrected chi connectivity index (χ4v) is 1.89. The van der Waals surface area contributed by atoms with Crippen LogP contribution in [0.15, 0.2) is 12.1 Å². The molecule has 0 bridgehead atoms. The summed E-state index contributed by atoms with van der Waals surface area (Å²) in [4.78, 5) is 6.14. The van der Waals surface area contributed by atoms with Gasteiger partial charge < -0.3 is 10.2 Å². The zero-order valence-electron chi connectivity index (χ0n) is 12.2. The Hall–Kier alpha value is -1.46. The highest BCUT2D eigenvalue weighted by Crippen LogP contribution is 2.32. The first kappa shape index (κ1) is 16.6. The molecule has 1 aromatic heterocycles. The molecule has 0 saturated heterocycles. The van der Waals surface area contributed by atoms with Crippen molar-refractivity contribution in [3.63, 3.8) is 0 Å². The van der Waals surface area contributed by atoms with Crippen molar-refractivity contribution in [1.29, 1.82) is 0 Å². The number of pyridine rings is 1. The monoisotopic (exact) mass is 289 g/mol. The number of nitrogens with zero attached hydrogens (tertiary/aromatic N) is 2. The Labute approximate surface area is 118 Å². The van der Waals surface area contributed by atoms with E-state index in [0.717, 1.165) is 25.0 Å². The number of alkyl halides is 3. The van der Waals surface area contributed by atoms with E-state index in [9.17, 15) is 13.2 Å². The van der Waals surface area contributed by atoms with Crippen LogP contribution in [-0.4, -0.2) is 24.6 Å². The Kier molecular flexibility index (Phi) is 6.10. The van der Waals surface area contributed by atoms with Crippen molar-refractivity contribution in [2.45, 2.75) is 39.8 Å². The molecule has 1 aromatic rings. The lowest BCUT2D eigenvalue weighted by Gasteiger charge is -2.23. The predicted molar refractivity (Wildman–Crippen MR) is 76.2 cm³/mol. The summed E-state index contributed by atoms with van der Waals surface area (Å²) in [6.07, 6.45) is -2.66. The van der Waals surface area contributed by atoms with Gasteiger partial charge in [0.05, 0.1) is 5.56 Å². The Morgan fingerprint density at radius 3 is 2.35 bits per heavy atom. The number of halogens is 3. The molecule has 1 rings (SSSR count). The van der Waals surface area contributed by atoms with Crippen LogP contribution in [0.3, 0.4) is 0 Å². The van der Waals surface area contributed by atoms with Gasteiger partial charge >= 0.3 is 6.18 Å². The molecule has 1 N–H and O–H groups in total. The quantitative estimate of drug-likeness (QED) is 0.817. The van der Waals surface area contributed by atoms with Gasteiger partial charge in [-0.25, -0.2) is 4.98 Å². The fraction of sp³-hybridized carbons (Fsp3) is 0.643. The van der Waals surface area contributed by atoms with Gasteiger partial charge in [-0.1, -0.05) is 13.8 Å². The lowest BCUT2D eigenvalue weighted by atomic mass is 10.2. The molecule has 1 heterocycles. The van der Waals surface area contributed by atoms with Crippen LogP contribution < -0.4 is 10.2 Å². The lowest BCUT2D eigenvalue weighted by molar-refractivity contribution is -0.137. The van der Waals surface area contributed by atoms with Gasteiger partial charge in [-0.2, -0.15) is 13.2 Å². The van der Waals surface area contributed by atoms with Crippen LogP contribution in [0, 0.1) is 0 Å². The molecule has 0 fully saturated rings. The predicted octanol–water partition coefficient (Wildman–Crippen LogP) is 4.16. The minimum Gasteiger partial charge on any atom is -0.370 e. The van der Waals surface area contributed by atoms with Gasteiger partial charge in [0.2, 0.25) is 0 Å². The van der Waals surface area contributed by atoms with Crippen molar-refractivity contribution in [3.8, 4) is 0 Å². The minimum atomic E-state index is -4.36. The highest BCUT2D eigenvalue weighted by Gasteiger charge is 2.32. The van der Waals surface area contributed by atoms with E-state index < -0.39 is 11.7 Å². The van der Waals surface area contributed by atoms with Crippen molar-refractivity contribution in [1.82, 2.24) is 4.98 Å². The summed E-state index contributed by atoms with van der Waals surface area (Å²) in [6.45, 7) is 7.79. The smallest absolute Gasteiger partial charge is 0.370 e. The average Bonchev–Trinajstić information content (AvgIpc) is 2.41. The topological polar surface area (TPSA) is 28.2 Å². The molecule has 0 aliphatic heterocycles. The van der Waals surface area contributed by atoms with E-state index in [0.29, 0.717) is 25.5 Å². The van der Waals surface area contributed by atoms with E-state index >= 15 is 0 Å². The molecule has 0 aromatic carbocycles. The van der Waals surface area contributed by atoms with Gasteiger partial charge in [0.1, 0.15) is 11.6 Å². The Balaban J connectivity index is 3.14. The molecule has 0 amide bonds. The lowest BCUT2D eigenvalue weighted by Crippen LogP contribution is -2.25. The van der Waals surface area contributed by atoms with Crippen LogP contribution in [0.5, 0.6) is 0 Å². The number of nitrogens with one attached hydrogen (secondary N) is 1. The number of rotatable bonds is 7. The van der Waals surface area contributed by atoms with Gasteiger partial charge in [0.25, 0.3) is 0 Å². The zero-order valence-corrected chi connectivity index (χ0v) is 12.2. The van der Waals surface area contributed by atoms with Crippen LogP contribution in [0.2, 0.25) is 0 Å². The molecule has 0 radical (unpaired) electrons. The first-order valence-electron chi connectivity index (χ1n) is 7.00. The second kappa shape index (κ2) is 7.36. The maximum atomic E-state index is 12.9. The maximum Gasteiger partial charge on any atom is 0.416 e. The number of hydrogen-bond donors (Lipinski definition) is 1. The minimum absolute atomic E-state index is 0.284. The number of hydrogen-bond acceptors (Lipinski definition) is 3. The van der Waals surface area contributed by atoms with Crippen LogP contribution in [0.25, 0.3) is 0 Å². The average molecular weight is 289 g/mol. The van der Waals surface area contributed by atoms with Gasteiger partial charge in [-0.3, -0.25) is 0 Å². The molecule has 20 heavy (non-hydrogen) atoms. The van der Waals surface area contributed by atoms with E-state index in [1.807, 2.05) is 25.7 Å². The Bertz CT molecular complexity index is 419. The third-order valence-corrected chi connectivity index (χ3v) is 2.89. The SMILES string of the molecule is CCCNc1cc(C(F)(F)F)cc(N(CC)CCC)n1. The van der Waals surface area contributed by atoms with Gasteiger partial charge in [-0.05, 0) is 31.9 Å². The van der Waals surface area contributed by atoms with Gasteiger partial charge in [0, 0.05) is 19.6 Å². The van der Waals surface area contributed by atoms with Crippen LogP contribution >= 0.6 is 0 Å².